The van der Waals surface area contributed by atoms with Gasteiger partial charge >= 0.3 is 12.1 Å². The van der Waals surface area contributed by atoms with Crippen LogP contribution in [0.25, 0.3) is 10.2 Å². The lowest BCUT2D eigenvalue weighted by atomic mass is 10.3. The number of carboxylic acids is 1. The topological polar surface area (TPSA) is 89.1 Å². The third-order valence-electron chi connectivity index (χ3n) is 2.32. The molecule has 3 N–H and O–H groups in total. The Balaban J connectivity index is 0.000000295. The van der Waals surface area contributed by atoms with E-state index < -0.39 is 12.1 Å². The molecule has 2 aromatic rings. The third kappa shape index (κ3) is 5.02. The second-order valence-corrected chi connectivity index (χ2v) is 6.26. The van der Waals surface area contributed by atoms with Crippen molar-refractivity contribution in [3.63, 3.8) is 0 Å². The number of aromatic nitrogens is 2. The number of hydrogen-bond acceptors (Lipinski definition) is 6. The van der Waals surface area contributed by atoms with Gasteiger partial charge < -0.3 is 10.8 Å². The molecule has 2 rings (SSSR count). The number of thiophene rings is 1. The molecule has 0 saturated heterocycles. The first-order valence-electron chi connectivity index (χ1n) is 6.17. The fraction of sp³-hybridized carbons (Fsp3) is 0.417. The molecular formula is C12H14F3N3O2S2. The lowest BCUT2D eigenvalue weighted by Gasteiger charge is -1.99. The summed E-state index contributed by atoms with van der Waals surface area (Å²) in [6, 6.07) is 2.09. The molecule has 2 aromatic heterocycles. The molecule has 0 aliphatic carbocycles. The zero-order valence-electron chi connectivity index (χ0n) is 11.8. The van der Waals surface area contributed by atoms with Gasteiger partial charge in [0.15, 0.2) is 5.16 Å². The van der Waals surface area contributed by atoms with Gasteiger partial charge in [0.05, 0.1) is 5.39 Å². The Morgan fingerprint density at radius 3 is 2.45 bits per heavy atom. The van der Waals surface area contributed by atoms with E-state index in [0.717, 1.165) is 27.5 Å². The van der Waals surface area contributed by atoms with E-state index in [1.165, 1.54) is 4.88 Å². The first-order chi connectivity index (χ1) is 10.2. The number of nitrogens with two attached hydrogens (primary N) is 1. The summed E-state index contributed by atoms with van der Waals surface area (Å²) in [4.78, 5) is 20.0. The summed E-state index contributed by atoms with van der Waals surface area (Å²) in [6.07, 6.45) is -4.06. The molecule has 0 aliphatic heterocycles. The summed E-state index contributed by atoms with van der Waals surface area (Å²) >= 11 is 3.33. The number of anilines is 1. The van der Waals surface area contributed by atoms with Crippen LogP contribution in [0.5, 0.6) is 0 Å². The number of nitrogens with zero attached hydrogens (tertiary/aromatic N) is 2. The fourth-order valence-electron chi connectivity index (χ4n) is 1.34. The summed E-state index contributed by atoms with van der Waals surface area (Å²) in [5, 5.41) is 8.91. The average molecular weight is 353 g/mol. The van der Waals surface area contributed by atoms with Gasteiger partial charge in [-0.15, -0.1) is 11.3 Å². The van der Waals surface area contributed by atoms with Crippen molar-refractivity contribution in [2.45, 2.75) is 31.6 Å². The van der Waals surface area contributed by atoms with Gasteiger partial charge in [0.25, 0.3) is 0 Å². The number of rotatable bonds is 3. The average Bonchev–Trinajstić information content (AvgIpc) is 2.82. The minimum atomic E-state index is -5.08. The van der Waals surface area contributed by atoms with Crippen molar-refractivity contribution in [1.29, 1.82) is 0 Å². The lowest BCUT2D eigenvalue weighted by molar-refractivity contribution is -0.192. The number of nitrogen functional groups attached to an aromatic ring is 1. The van der Waals surface area contributed by atoms with Crippen LogP contribution in [-0.2, 0) is 11.2 Å². The Labute approximate surface area is 132 Å². The molecule has 0 aliphatic rings. The molecule has 0 saturated carbocycles. The van der Waals surface area contributed by atoms with Crippen molar-refractivity contribution >= 4 is 45.1 Å². The van der Waals surface area contributed by atoms with Crippen molar-refractivity contribution in [2.24, 2.45) is 0 Å². The molecule has 2 heterocycles. The van der Waals surface area contributed by atoms with Crippen molar-refractivity contribution in [3.05, 3.63) is 10.9 Å². The van der Waals surface area contributed by atoms with Crippen LogP contribution in [0.15, 0.2) is 11.2 Å². The minimum absolute atomic E-state index is 0.604. The quantitative estimate of drug-likeness (QED) is 0.648. The van der Waals surface area contributed by atoms with E-state index in [4.69, 9.17) is 15.6 Å². The van der Waals surface area contributed by atoms with E-state index in [0.29, 0.717) is 5.82 Å². The number of fused-ring (bicyclic) bond motifs is 1. The summed E-state index contributed by atoms with van der Waals surface area (Å²) in [5.74, 6) is -1.18. The number of aryl methyl sites for hydroxylation is 1. The van der Waals surface area contributed by atoms with Crippen molar-refractivity contribution in [3.8, 4) is 0 Å². The normalized spacial score (nSPS) is 11.1. The maximum atomic E-state index is 10.6. The van der Waals surface area contributed by atoms with Gasteiger partial charge in [-0.05, 0) is 18.2 Å². The van der Waals surface area contributed by atoms with Crippen LogP contribution in [0.3, 0.4) is 0 Å². The number of aliphatic carboxylic acids is 1. The fourth-order valence-corrected chi connectivity index (χ4v) is 2.95. The second-order valence-electron chi connectivity index (χ2n) is 3.91. The van der Waals surface area contributed by atoms with E-state index in [-0.39, 0.29) is 0 Å². The van der Waals surface area contributed by atoms with Crippen LogP contribution < -0.4 is 5.73 Å². The van der Waals surface area contributed by atoms with Gasteiger partial charge in [0, 0.05) is 4.88 Å². The predicted octanol–water partition coefficient (Wildman–Crippen LogP) is 3.58. The zero-order chi connectivity index (χ0) is 16.9. The molecule has 122 valence electrons. The number of hydrogen-bond donors (Lipinski definition) is 2. The highest BCUT2D eigenvalue weighted by Gasteiger charge is 2.38. The number of carbonyl (C=O) groups is 1. The van der Waals surface area contributed by atoms with Crippen molar-refractivity contribution in [2.75, 3.05) is 11.5 Å². The molecule has 22 heavy (non-hydrogen) atoms. The first-order valence-corrected chi connectivity index (χ1v) is 7.98. The molecule has 0 radical (unpaired) electrons. The van der Waals surface area contributed by atoms with Gasteiger partial charge in [0.2, 0.25) is 0 Å². The Hall–Kier alpha value is -1.55. The summed E-state index contributed by atoms with van der Waals surface area (Å²) in [6.45, 7) is 4.22. The number of halogens is 3. The maximum absolute atomic E-state index is 10.6. The van der Waals surface area contributed by atoms with Crippen LogP contribution in [0, 0.1) is 0 Å². The van der Waals surface area contributed by atoms with Gasteiger partial charge in [-0.2, -0.15) is 13.2 Å². The Kier molecular flexibility index (Phi) is 6.42. The Morgan fingerprint density at radius 2 is 2.00 bits per heavy atom. The molecule has 0 bridgehead atoms. The van der Waals surface area contributed by atoms with E-state index in [2.05, 4.69) is 29.9 Å². The highest BCUT2D eigenvalue weighted by molar-refractivity contribution is 7.99. The summed E-state index contributed by atoms with van der Waals surface area (Å²) < 4.78 is 31.7. The van der Waals surface area contributed by atoms with Gasteiger partial charge in [-0.3, -0.25) is 0 Å². The maximum Gasteiger partial charge on any atom is 0.490 e. The smallest absolute Gasteiger partial charge is 0.475 e. The molecule has 5 nitrogen and oxygen atoms in total. The van der Waals surface area contributed by atoms with E-state index in [1.54, 1.807) is 23.1 Å². The van der Waals surface area contributed by atoms with Crippen LogP contribution >= 0.6 is 23.1 Å². The van der Waals surface area contributed by atoms with Gasteiger partial charge in [0.1, 0.15) is 10.6 Å². The van der Waals surface area contributed by atoms with Gasteiger partial charge in [-0.1, -0.05) is 25.6 Å². The molecule has 0 fully saturated rings. The van der Waals surface area contributed by atoms with Crippen LogP contribution in [-0.4, -0.2) is 33.0 Å². The first kappa shape index (κ1) is 18.5. The largest absolute Gasteiger partial charge is 0.490 e. The van der Waals surface area contributed by atoms with Crippen LogP contribution in [0.2, 0.25) is 0 Å². The van der Waals surface area contributed by atoms with Gasteiger partial charge in [-0.25, -0.2) is 14.8 Å². The molecule has 0 amide bonds. The zero-order valence-corrected chi connectivity index (χ0v) is 13.4. The lowest BCUT2D eigenvalue weighted by Crippen LogP contribution is -2.21. The van der Waals surface area contributed by atoms with E-state index >= 15 is 0 Å². The van der Waals surface area contributed by atoms with Crippen molar-refractivity contribution < 1.29 is 23.1 Å². The van der Waals surface area contributed by atoms with E-state index in [9.17, 15) is 13.2 Å². The standard InChI is InChI=1S/C10H13N3S2.C2HF3O2/c1-3-6-5-7-8(11)12-10(14-4-2)13-9(7)15-6;3-2(4,5)1(6)7/h5H,3-4H2,1-2H3,(H2,11,12,13);(H,6,7). The Morgan fingerprint density at radius 1 is 1.41 bits per heavy atom. The van der Waals surface area contributed by atoms with Crippen molar-refractivity contribution in [1.82, 2.24) is 9.97 Å². The second kappa shape index (κ2) is 7.63. The predicted molar refractivity (Wildman–Crippen MR) is 81.3 cm³/mol. The summed E-state index contributed by atoms with van der Waals surface area (Å²) in [5.41, 5.74) is 5.90. The number of carboxylic acid groups (broad SMARTS) is 1. The molecular weight excluding hydrogens is 339 g/mol. The number of thioether (sulfide) groups is 1. The highest BCUT2D eigenvalue weighted by Crippen LogP contribution is 2.29. The molecule has 0 aromatic carbocycles. The molecule has 0 unspecified atom stereocenters. The summed E-state index contributed by atoms with van der Waals surface area (Å²) in [7, 11) is 0. The number of alkyl halides is 3. The van der Waals surface area contributed by atoms with Crippen LogP contribution in [0.4, 0.5) is 19.0 Å². The minimum Gasteiger partial charge on any atom is -0.475 e. The van der Waals surface area contributed by atoms with Crippen LogP contribution in [0.1, 0.15) is 18.7 Å². The third-order valence-corrected chi connectivity index (χ3v) is 4.22. The monoisotopic (exact) mass is 353 g/mol. The van der Waals surface area contributed by atoms with E-state index in [1.807, 2.05) is 0 Å². The highest BCUT2D eigenvalue weighted by atomic mass is 32.2. The molecule has 0 atom stereocenters. The molecule has 10 heteroatoms. The SMILES string of the molecule is CCSc1nc(N)c2cc(CC)sc2n1.O=C(O)C(F)(F)F. The molecule has 0 spiro atoms. The Bertz CT molecular complexity index is 659.